The van der Waals surface area contributed by atoms with Gasteiger partial charge in [-0.15, -0.1) is 0 Å². The summed E-state index contributed by atoms with van der Waals surface area (Å²) in [6.45, 7) is 2.27. The highest BCUT2D eigenvalue weighted by Gasteiger charge is 2.43. The molecule has 0 saturated heterocycles. The summed E-state index contributed by atoms with van der Waals surface area (Å²) in [5.41, 5.74) is 6.11. The van der Waals surface area contributed by atoms with Crippen molar-refractivity contribution in [3.63, 3.8) is 0 Å². The lowest BCUT2D eigenvalue weighted by Gasteiger charge is -2.23. The van der Waals surface area contributed by atoms with Crippen molar-refractivity contribution in [3.8, 4) is 0 Å². The highest BCUT2D eigenvalue weighted by Crippen LogP contribution is 2.38. The fourth-order valence-electron chi connectivity index (χ4n) is 2.07. The Morgan fingerprint density at radius 2 is 2.28 bits per heavy atom. The zero-order chi connectivity index (χ0) is 13.2. The molecule has 0 spiro atoms. The van der Waals surface area contributed by atoms with Crippen molar-refractivity contribution in [2.45, 2.75) is 31.7 Å². The number of nitrogens with one attached hydrogen (secondary N) is 1. The van der Waals surface area contributed by atoms with Crippen LogP contribution < -0.4 is 11.1 Å². The minimum atomic E-state index is -0.762. The number of carbonyl (C=O) groups is 1. The first-order valence-corrected chi connectivity index (χ1v) is 6.32. The van der Waals surface area contributed by atoms with E-state index < -0.39 is 5.54 Å². The lowest BCUT2D eigenvalue weighted by atomic mass is 9.96. The second-order valence-corrected chi connectivity index (χ2v) is 5.19. The van der Waals surface area contributed by atoms with Crippen molar-refractivity contribution in [1.29, 1.82) is 0 Å². The van der Waals surface area contributed by atoms with Gasteiger partial charge in [0.2, 0.25) is 5.91 Å². The Morgan fingerprint density at radius 3 is 2.89 bits per heavy atom. The van der Waals surface area contributed by atoms with Crippen molar-refractivity contribution < 1.29 is 9.18 Å². The summed E-state index contributed by atoms with van der Waals surface area (Å²) in [5.74, 6) is -0.0476. The molecule has 2 rings (SSSR count). The van der Waals surface area contributed by atoms with Crippen LogP contribution in [0.4, 0.5) is 4.39 Å². The molecule has 1 unspecified atom stereocenters. The summed E-state index contributed by atoms with van der Waals surface area (Å²) >= 11 is 0. The van der Waals surface area contributed by atoms with Crippen LogP contribution in [0.25, 0.3) is 0 Å². The summed E-state index contributed by atoms with van der Waals surface area (Å²) in [4.78, 5) is 11.9. The maximum absolute atomic E-state index is 12.9. The smallest absolute Gasteiger partial charge is 0.240 e. The van der Waals surface area contributed by atoms with Crippen LogP contribution in [0.15, 0.2) is 24.3 Å². The first-order chi connectivity index (χ1) is 8.50. The molecule has 1 saturated carbocycles. The molecule has 1 fully saturated rings. The van der Waals surface area contributed by atoms with Gasteiger partial charge in [0.05, 0.1) is 5.54 Å². The number of halogens is 1. The predicted octanol–water partition coefficient (Wildman–Crippen LogP) is 1.61. The molecule has 0 bridgehead atoms. The molecule has 1 aliphatic carbocycles. The molecule has 0 aliphatic heterocycles. The normalized spacial score (nSPS) is 18.2. The Labute approximate surface area is 107 Å². The zero-order valence-corrected chi connectivity index (χ0v) is 10.6. The SMILES string of the molecule is CC(N)(C(=O)NCCc1cccc(F)c1)C1CC1. The van der Waals surface area contributed by atoms with Gasteiger partial charge in [-0.05, 0) is 49.8 Å². The van der Waals surface area contributed by atoms with Crippen LogP contribution in [0.1, 0.15) is 25.3 Å². The van der Waals surface area contributed by atoms with Crippen molar-refractivity contribution in [2.24, 2.45) is 11.7 Å². The Balaban J connectivity index is 1.80. The van der Waals surface area contributed by atoms with Crippen LogP contribution in [-0.4, -0.2) is 18.0 Å². The topological polar surface area (TPSA) is 55.1 Å². The van der Waals surface area contributed by atoms with Crippen LogP contribution in [0, 0.1) is 11.7 Å². The number of hydrogen-bond acceptors (Lipinski definition) is 2. The molecule has 18 heavy (non-hydrogen) atoms. The molecule has 3 N–H and O–H groups in total. The van der Waals surface area contributed by atoms with Crippen molar-refractivity contribution in [3.05, 3.63) is 35.6 Å². The number of amides is 1. The predicted molar refractivity (Wildman–Crippen MR) is 68.4 cm³/mol. The highest BCUT2D eigenvalue weighted by atomic mass is 19.1. The Kier molecular flexibility index (Phi) is 3.66. The Bertz CT molecular complexity index is 441. The molecule has 1 atom stereocenters. The maximum Gasteiger partial charge on any atom is 0.240 e. The van der Waals surface area contributed by atoms with Gasteiger partial charge in [0.15, 0.2) is 0 Å². The molecule has 98 valence electrons. The first kappa shape index (κ1) is 13.0. The van der Waals surface area contributed by atoms with Crippen LogP contribution in [0.3, 0.4) is 0 Å². The second kappa shape index (κ2) is 5.06. The van der Waals surface area contributed by atoms with E-state index >= 15 is 0 Å². The van der Waals surface area contributed by atoms with E-state index in [2.05, 4.69) is 5.32 Å². The standard InChI is InChI=1S/C14H19FN2O/c1-14(16,11-5-6-11)13(18)17-8-7-10-3-2-4-12(15)9-10/h2-4,9,11H,5-8,16H2,1H3,(H,17,18). The minimum absolute atomic E-state index is 0.110. The van der Waals surface area contributed by atoms with E-state index in [-0.39, 0.29) is 11.7 Å². The summed E-state index contributed by atoms with van der Waals surface area (Å²) < 4.78 is 12.9. The molecule has 0 aromatic heterocycles. The van der Waals surface area contributed by atoms with Crippen molar-refractivity contribution in [1.82, 2.24) is 5.32 Å². The lowest BCUT2D eigenvalue weighted by Crippen LogP contribution is -2.53. The van der Waals surface area contributed by atoms with Gasteiger partial charge in [0.25, 0.3) is 0 Å². The summed E-state index contributed by atoms with van der Waals surface area (Å²) in [7, 11) is 0. The molecule has 1 aliphatic rings. The number of benzene rings is 1. The maximum atomic E-state index is 12.9. The van der Waals surface area contributed by atoms with Crippen LogP contribution in [0.2, 0.25) is 0 Å². The number of nitrogens with two attached hydrogens (primary N) is 1. The number of rotatable bonds is 5. The van der Waals surface area contributed by atoms with E-state index in [0.717, 1.165) is 18.4 Å². The monoisotopic (exact) mass is 250 g/mol. The molecular formula is C14H19FN2O. The van der Waals surface area contributed by atoms with Gasteiger partial charge in [0.1, 0.15) is 5.82 Å². The van der Waals surface area contributed by atoms with Crippen LogP contribution in [0.5, 0.6) is 0 Å². The largest absolute Gasteiger partial charge is 0.354 e. The average molecular weight is 250 g/mol. The summed E-state index contributed by atoms with van der Waals surface area (Å²) in [6.07, 6.45) is 2.68. The molecule has 0 radical (unpaired) electrons. The third-order valence-electron chi connectivity index (χ3n) is 3.50. The van der Waals surface area contributed by atoms with Gasteiger partial charge in [-0.2, -0.15) is 0 Å². The minimum Gasteiger partial charge on any atom is -0.354 e. The van der Waals surface area contributed by atoms with E-state index in [1.807, 2.05) is 6.07 Å². The molecular weight excluding hydrogens is 231 g/mol. The summed E-state index contributed by atoms with van der Waals surface area (Å²) in [6, 6.07) is 6.41. The van der Waals surface area contributed by atoms with Crippen molar-refractivity contribution >= 4 is 5.91 Å². The number of hydrogen-bond donors (Lipinski definition) is 2. The molecule has 1 aromatic carbocycles. The Hall–Kier alpha value is -1.42. The lowest BCUT2D eigenvalue weighted by molar-refractivity contribution is -0.126. The van der Waals surface area contributed by atoms with Gasteiger partial charge < -0.3 is 11.1 Å². The molecule has 3 nitrogen and oxygen atoms in total. The quantitative estimate of drug-likeness (QED) is 0.834. The van der Waals surface area contributed by atoms with Crippen LogP contribution in [-0.2, 0) is 11.2 Å². The molecule has 4 heteroatoms. The van der Waals surface area contributed by atoms with Gasteiger partial charge in [0, 0.05) is 6.54 Å². The van der Waals surface area contributed by atoms with E-state index in [0.29, 0.717) is 18.9 Å². The fraction of sp³-hybridized carbons (Fsp3) is 0.500. The first-order valence-electron chi connectivity index (χ1n) is 6.32. The van der Waals surface area contributed by atoms with Gasteiger partial charge in [-0.25, -0.2) is 4.39 Å². The van der Waals surface area contributed by atoms with Gasteiger partial charge >= 0.3 is 0 Å². The second-order valence-electron chi connectivity index (χ2n) is 5.19. The zero-order valence-electron chi connectivity index (χ0n) is 10.6. The van der Waals surface area contributed by atoms with E-state index in [9.17, 15) is 9.18 Å². The summed E-state index contributed by atoms with van der Waals surface area (Å²) in [5, 5.41) is 2.83. The Morgan fingerprint density at radius 1 is 1.56 bits per heavy atom. The third kappa shape index (κ3) is 3.07. The van der Waals surface area contributed by atoms with Crippen molar-refractivity contribution in [2.75, 3.05) is 6.54 Å². The van der Waals surface area contributed by atoms with E-state index in [1.54, 1.807) is 13.0 Å². The highest BCUT2D eigenvalue weighted by molar-refractivity contribution is 5.86. The molecule has 1 aromatic rings. The third-order valence-corrected chi connectivity index (χ3v) is 3.50. The van der Waals surface area contributed by atoms with Crippen LogP contribution >= 0.6 is 0 Å². The number of carbonyl (C=O) groups excluding carboxylic acids is 1. The molecule has 1 amide bonds. The average Bonchev–Trinajstić information content (AvgIpc) is 3.13. The van der Waals surface area contributed by atoms with E-state index in [1.165, 1.54) is 12.1 Å². The van der Waals surface area contributed by atoms with Gasteiger partial charge in [-0.3, -0.25) is 4.79 Å². The van der Waals surface area contributed by atoms with Gasteiger partial charge in [-0.1, -0.05) is 12.1 Å². The molecule has 0 heterocycles. The fourth-order valence-corrected chi connectivity index (χ4v) is 2.07. The van der Waals surface area contributed by atoms with E-state index in [4.69, 9.17) is 5.73 Å².